The van der Waals surface area contributed by atoms with Crippen LogP contribution in [0, 0.1) is 0 Å². The zero-order valence-corrected chi connectivity index (χ0v) is 14.8. The van der Waals surface area contributed by atoms with Gasteiger partial charge in [0.05, 0.1) is 25.5 Å². The third-order valence-electron chi connectivity index (χ3n) is 3.58. The Morgan fingerprint density at radius 1 is 1.08 bits per heavy atom. The second kappa shape index (κ2) is 8.00. The molecule has 0 fully saturated rings. The third-order valence-corrected chi connectivity index (χ3v) is 4.51. The van der Waals surface area contributed by atoms with Crippen LogP contribution in [-0.2, 0) is 27.8 Å². The molecule has 8 heteroatoms. The molecule has 2 rings (SSSR count). The molecule has 2 aromatic carbocycles. The van der Waals surface area contributed by atoms with Crippen LogP contribution in [0.1, 0.15) is 11.1 Å². The first-order valence-corrected chi connectivity index (χ1v) is 8.97. The molecular formula is C17H20N2O5S. The maximum absolute atomic E-state index is 12.2. The number of primary sulfonamides is 1. The lowest BCUT2D eigenvalue weighted by Crippen LogP contribution is -2.24. The smallest absolute Gasteiger partial charge is 0.238 e. The summed E-state index contributed by atoms with van der Waals surface area (Å²) in [6.45, 7) is 0.274. The number of methoxy groups -OCH3 is 2. The number of ether oxygens (including phenoxy) is 2. The Morgan fingerprint density at radius 2 is 1.76 bits per heavy atom. The monoisotopic (exact) mass is 364 g/mol. The summed E-state index contributed by atoms with van der Waals surface area (Å²) in [5.41, 5.74) is 1.47. The first kappa shape index (κ1) is 18.8. The van der Waals surface area contributed by atoms with Crippen molar-refractivity contribution in [1.82, 2.24) is 5.32 Å². The molecule has 0 saturated carbocycles. The molecule has 3 N–H and O–H groups in total. The van der Waals surface area contributed by atoms with E-state index in [1.165, 1.54) is 19.2 Å². The largest absolute Gasteiger partial charge is 0.497 e. The predicted molar refractivity (Wildman–Crippen MR) is 92.9 cm³/mol. The van der Waals surface area contributed by atoms with E-state index in [1.807, 2.05) is 0 Å². The summed E-state index contributed by atoms with van der Waals surface area (Å²) in [6, 6.07) is 11.3. The van der Waals surface area contributed by atoms with Gasteiger partial charge in [0.25, 0.3) is 0 Å². The molecule has 0 unspecified atom stereocenters. The van der Waals surface area contributed by atoms with Crippen LogP contribution in [0.15, 0.2) is 47.4 Å². The average molecular weight is 364 g/mol. The van der Waals surface area contributed by atoms with Gasteiger partial charge < -0.3 is 14.8 Å². The number of sulfonamides is 1. The van der Waals surface area contributed by atoms with E-state index >= 15 is 0 Å². The minimum atomic E-state index is -3.72. The maximum atomic E-state index is 12.2. The Kier molecular flexibility index (Phi) is 6.00. The number of rotatable bonds is 7. The van der Waals surface area contributed by atoms with Crippen LogP contribution in [0.4, 0.5) is 0 Å². The molecule has 134 valence electrons. The second-order valence-corrected chi connectivity index (χ2v) is 6.88. The maximum Gasteiger partial charge on any atom is 0.238 e. The number of benzene rings is 2. The Morgan fingerprint density at radius 3 is 2.32 bits per heavy atom. The topological polar surface area (TPSA) is 108 Å². The summed E-state index contributed by atoms with van der Waals surface area (Å²) >= 11 is 0. The van der Waals surface area contributed by atoms with Crippen molar-refractivity contribution >= 4 is 15.9 Å². The van der Waals surface area contributed by atoms with E-state index in [0.29, 0.717) is 17.1 Å². The Hall–Kier alpha value is -2.58. The van der Waals surface area contributed by atoms with Crippen molar-refractivity contribution in [2.75, 3.05) is 14.2 Å². The van der Waals surface area contributed by atoms with Crippen LogP contribution < -0.4 is 19.9 Å². The summed E-state index contributed by atoms with van der Waals surface area (Å²) in [5, 5.41) is 7.82. The van der Waals surface area contributed by atoms with Gasteiger partial charge in [0.15, 0.2) is 0 Å². The summed E-state index contributed by atoms with van der Waals surface area (Å²) in [5.74, 6) is 1.05. The molecule has 2 aromatic rings. The van der Waals surface area contributed by atoms with E-state index in [4.69, 9.17) is 14.6 Å². The SMILES string of the molecule is COc1ccc(OC)c(CC(=O)NCc2ccc(S(N)(=O)=O)cc2)c1. The quantitative estimate of drug-likeness (QED) is 0.768. The van der Waals surface area contributed by atoms with Crippen LogP contribution in [0.3, 0.4) is 0 Å². The first-order valence-electron chi connectivity index (χ1n) is 7.43. The molecule has 0 heterocycles. The van der Waals surface area contributed by atoms with Gasteiger partial charge in [-0.25, -0.2) is 13.6 Å². The fourth-order valence-corrected chi connectivity index (χ4v) is 2.77. The van der Waals surface area contributed by atoms with Gasteiger partial charge in [-0.3, -0.25) is 4.79 Å². The van der Waals surface area contributed by atoms with Crippen LogP contribution in [0.5, 0.6) is 11.5 Å². The minimum absolute atomic E-state index is 0.0312. The molecule has 0 saturated heterocycles. The number of amides is 1. The minimum Gasteiger partial charge on any atom is -0.497 e. The highest BCUT2D eigenvalue weighted by Gasteiger charge is 2.11. The van der Waals surface area contributed by atoms with Gasteiger partial charge in [-0.15, -0.1) is 0 Å². The van der Waals surface area contributed by atoms with Crippen molar-refractivity contribution in [1.29, 1.82) is 0 Å². The van der Waals surface area contributed by atoms with Gasteiger partial charge >= 0.3 is 0 Å². The van der Waals surface area contributed by atoms with Gasteiger partial charge in [0.2, 0.25) is 15.9 Å². The zero-order chi connectivity index (χ0) is 18.4. The number of carbonyl (C=O) groups is 1. The van der Waals surface area contributed by atoms with Crippen molar-refractivity contribution in [2.45, 2.75) is 17.9 Å². The van der Waals surface area contributed by atoms with Crippen molar-refractivity contribution in [2.24, 2.45) is 5.14 Å². The molecule has 0 spiro atoms. The zero-order valence-electron chi connectivity index (χ0n) is 14.0. The van der Waals surface area contributed by atoms with E-state index in [1.54, 1.807) is 37.4 Å². The van der Waals surface area contributed by atoms with E-state index in [-0.39, 0.29) is 23.8 Å². The Bertz CT molecular complexity index is 848. The Balaban J connectivity index is 1.99. The van der Waals surface area contributed by atoms with Crippen LogP contribution in [0.25, 0.3) is 0 Å². The highest BCUT2D eigenvalue weighted by atomic mass is 32.2. The van der Waals surface area contributed by atoms with E-state index in [0.717, 1.165) is 5.56 Å². The fraction of sp³-hybridized carbons (Fsp3) is 0.235. The highest BCUT2D eigenvalue weighted by Crippen LogP contribution is 2.24. The summed E-state index contributed by atoms with van der Waals surface area (Å²) in [7, 11) is -0.629. The Labute approximate surface area is 146 Å². The van der Waals surface area contributed by atoms with Gasteiger partial charge in [-0.1, -0.05) is 12.1 Å². The second-order valence-electron chi connectivity index (χ2n) is 5.32. The number of carbonyl (C=O) groups excluding carboxylic acids is 1. The summed E-state index contributed by atoms with van der Waals surface area (Å²) in [6.07, 6.45) is 0.135. The molecule has 0 radical (unpaired) electrons. The summed E-state index contributed by atoms with van der Waals surface area (Å²) in [4.78, 5) is 12.2. The van der Waals surface area contributed by atoms with E-state index in [2.05, 4.69) is 5.32 Å². The molecule has 0 atom stereocenters. The van der Waals surface area contributed by atoms with E-state index in [9.17, 15) is 13.2 Å². The van der Waals surface area contributed by atoms with Crippen LogP contribution in [0.2, 0.25) is 0 Å². The molecular weight excluding hydrogens is 344 g/mol. The number of nitrogens with one attached hydrogen (secondary N) is 1. The van der Waals surface area contributed by atoms with Gasteiger partial charge in [-0.2, -0.15) is 0 Å². The molecule has 0 aliphatic heterocycles. The lowest BCUT2D eigenvalue weighted by Gasteiger charge is -2.11. The molecule has 0 aromatic heterocycles. The van der Waals surface area contributed by atoms with Gasteiger partial charge in [0.1, 0.15) is 11.5 Å². The first-order chi connectivity index (χ1) is 11.8. The number of hydrogen-bond donors (Lipinski definition) is 2. The van der Waals surface area contributed by atoms with Crippen molar-refractivity contribution in [3.8, 4) is 11.5 Å². The lowest BCUT2D eigenvalue weighted by molar-refractivity contribution is -0.120. The van der Waals surface area contributed by atoms with Crippen molar-refractivity contribution in [3.63, 3.8) is 0 Å². The lowest BCUT2D eigenvalue weighted by atomic mass is 10.1. The number of nitrogens with two attached hydrogens (primary N) is 1. The normalized spacial score (nSPS) is 11.0. The summed E-state index contributed by atoms with van der Waals surface area (Å²) < 4.78 is 32.8. The molecule has 0 aliphatic carbocycles. The third kappa shape index (κ3) is 5.20. The predicted octanol–water partition coefficient (Wildman–Crippen LogP) is 1.21. The highest BCUT2D eigenvalue weighted by molar-refractivity contribution is 7.89. The standard InChI is InChI=1S/C17H20N2O5S/c1-23-14-5-8-16(24-2)13(9-14)10-17(20)19-11-12-3-6-15(7-4-12)25(18,21)22/h3-9H,10-11H2,1-2H3,(H,19,20)(H2,18,21,22). The van der Waals surface area contributed by atoms with Crippen molar-refractivity contribution in [3.05, 3.63) is 53.6 Å². The molecule has 1 amide bonds. The van der Waals surface area contributed by atoms with Gasteiger partial charge in [0, 0.05) is 12.1 Å². The van der Waals surface area contributed by atoms with Gasteiger partial charge in [-0.05, 0) is 35.9 Å². The van der Waals surface area contributed by atoms with E-state index < -0.39 is 10.0 Å². The molecule has 0 aliphatic rings. The molecule has 0 bridgehead atoms. The fourth-order valence-electron chi connectivity index (χ4n) is 2.25. The average Bonchev–Trinajstić information content (AvgIpc) is 2.59. The van der Waals surface area contributed by atoms with Crippen LogP contribution >= 0.6 is 0 Å². The molecule has 25 heavy (non-hydrogen) atoms. The number of hydrogen-bond acceptors (Lipinski definition) is 5. The molecule has 7 nitrogen and oxygen atoms in total. The van der Waals surface area contributed by atoms with Crippen molar-refractivity contribution < 1.29 is 22.7 Å². The van der Waals surface area contributed by atoms with Crippen LogP contribution in [-0.4, -0.2) is 28.5 Å².